The normalized spacial score (nSPS) is 10.3. The van der Waals surface area contributed by atoms with Crippen molar-refractivity contribution < 1.29 is 4.39 Å². The summed E-state index contributed by atoms with van der Waals surface area (Å²) in [6.45, 7) is 1.84. The molecule has 0 spiro atoms. The van der Waals surface area contributed by atoms with Gasteiger partial charge < -0.3 is 5.73 Å². The van der Waals surface area contributed by atoms with E-state index in [1.807, 2.05) is 6.92 Å². The number of hydrogen-bond donors (Lipinski definition) is 1. The predicted octanol–water partition coefficient (Wildman–Crippen LogP) is 2.17. The molecule has 0 saturated carbocycles. The number of anilines is 1. The van der Waals surface area contributed by atoms with Crippen LogP contribution in [0.4, 0.5) is 10.2 Å². The molecule has 0 fully saturated rings. The van der Waals surface area contributed by atoms with Gasteiger partial charge in [-0.15, -0.1) is 0 Å². The van der Waals surface area contributed by atoms with Gasteiger partial charge in [0.2, 0.25) is 0 Å². The Balaban J connectivity index is 2.55. The van der Waals surface area contributed by atoms with Gasteiger partial charge in [0.15, 0.2) is 0 Å². The van der Waals surface area contributed by atoms with Crippen molar-refractivity contribution >= 4 is 5.82 Å². The largest absolute Gasteiger partial charge is 0.383 e. The van der Waals surface area contributed by atoms with Crippen molar-refractivity contribution in [1.29, 1.82) is 0 Å². The number of halogens is 1. The van der Waals surface area contributed by atoms with Gasteiger partial charge in [-0.2, -0.15) is 0 Å². The molecular formula is C11H10FN3. The summed E-state index contributed by atoms with van der Waals surface area (Å²) in [6, 6.07) is 3.42. The average molecular weight is 203 g/mol. The molecule has 0 aliphatic carbocycles. The topological polar surface area (TPSA) is 51.8 Å². The second-order valence-corrected chi connectivity index (χ2v) is 3.28. The molecule has 0 aromatic carbocycles. The molecule has 2 aromatic rings. The lowest BCUT2D eigenvalue weighted by Crippen LogP contribution is -1.95. The SMILES string of the molecule is Cc1cc(-c2ccncc2F)cnc1N. The number of hydrogen-bond acceptors (Lipinski definition) is 3. The number of nitrogens with two attached hydrogens (primary N) is 1. The first-order chi connectivity index (χ1) is 7.18. The van der Waals surface area contributed by atoms with Crippen molar-refractivity contribution in [1.82, 2.24) is 9.97 Å². The zero-order valence-electron chi connectivity index (χ0n) is 8.24. The number of nitrogen functional groups attached to an aromatic ring is 1. The summed E-state index contributed by atoms with van der Waals surface area (Å²) < 4.78 is 13.4. The first kappa shape index (κ1) is 9.58. The van der Waals surface area contributed by atoms with E-state index < -0.39 is 0 Å². The van der Waals surface area contributed by atoms with Gasteiger partial charge in [0, 0.05) is 23.5 Å². The van der Waals surface area contributed by atoms with E-state index in [-0.39, 0.29) is 5.82 Å². The molecule has 0 radical (unpaired) electrons. The molecule has 0 amide bonds. The molecule has 2 rings (SSSR count). The maximum atomic E-state index is 13.4. The van der Waals surface area contributed by atoms with Gasteiger partial charge in [0.05, 0.1) is 6.20 Å². The minimum atomic E-state index is -0.358. The summed E-state index contributed by atoms with van der Waals surface area (Å²) in [5, 5.41) is 0. The zero-order valence-corrected chi connectivity index (χ0v) is 8.24. The highest BCUT2D eigenvalue weighted by atomic mass is 19.1. The van der Waals surface area contributed by atoms with Crippen LogP contribution in [-0.2, 0) is 0 Å². The fourth-order valence-corrected chi connectivity index (χ4v) is 1.34. The lowest BCUT2D eigenvalue weighted by atomic mass is 10.1. The van der Waals surface area contributed by atoms with Crippen molar-refractivity contribution in [3.05, 3.63) is 42.1 Å². The van der Waals surface area contributed by atoms with E-state index in [4.69, 9.17) is 5.73 Å². The van der Waals surface area contributed by atoms with Crippen LogP contribution in [0.1, 0.15) is 5.56 Å². The van der Waals surface area contributed by atoms with Gasteiger partial charge in [0.25, 0.3) is 0 Å². The Morgan fingerprint density at radius 1 is 1.33 bits per heavy atom. The first-order valence-corrected chi connectivity index (χ1v) is 4.50. The molecule has 2 N–H and O–H groups in total. The number of aromatic nitrogens is 2. The van der Waals surface area contributed by atoms with Gasteiger partial charge in [-0.25, -0.2) is 9.37 Å². The van der Waals surface area contributed by atoms with E-state index in [0.717, 1.165) is 5.56 Å². The molecule has 76 valence electrons. The summed E-state index contributed by atoms with van der Waals surface area (Å²) in [5.41, 5.74) is 7.62. The highest BCUT2D eigenvalue weighted by molar-refractivity contribution is 5.65. The number of rotatable bonds is 1. The van der Waals surface area contributed by atoms with Crippen molar-refractivity contribution in [2.75, 3.05) is 5.73 Å². The third kappa shape index (κ3) is 1.79. The smallest absolute Gasteiger partial charge is 0.149 e. The van der Waals surface area contributed by atoms with E-state index in [9.17, 15) is 4.39 Å². The summed E-state index contributed by atoms with van der Waals surface area (Å²) in [4.78, 5) is 7.68. The van der Waals surface area contributed by atoms with Crippen molar-refractivity contribution in [3.63, 3.8) is 0 Å². The van der Waals surface area contributed by atoms with E-state index in [0.29, 0.717) is 16.9 Å². The molecule has 2 aromatic heterocycles. The lowest BCUT2D eigenvalue weighted by molar-refractivity contribution is 0.625. The molecular weight excluding hydrogens is 193 g/mol. The molecule has 4 heteroatoms. The summed E-state index contributed by atoms with van der Waals surface area (Å²) in [7, 11) is 0. The number of nitrogens with zero attached hydrogens (tertiary/aromatic N) is 2. The van der Waals surface area contributed by atoms with E-state index in [1.54, 1.807) is 24.5 Å². The van der Waals surface area contributed by atoms with Crippen molar-refractivity contribution in [2.45, 2.75) is 6.92 Å². The second kappa shape index (κ2) is 3.65. The Morgan fingerprint density at radius 2 is 2.13 bits per heavy atom. The van der Waals surface area contributed by atoms with Crippen LogP contribution in [0.3, 0.4) is 0 Å². The van der Waals surface area contributed by atoms with Crippen LogP contribution >= 0.6 is 0 Å². The van der Waals surface area contributed by atoms with Crippen LogP contribution in [0.5, 0.6) is 0 Å². The summed E-state index contributed by atoms with van der Waals surface area (Å²) in [5.74, 6) is 0.108. The van der Waals surface area contributed by atoms with Crippen LogP contribution in [-0.4, -0.2) is 9.97 Å². The van der Waals surface area contributed by atoms with E-state index in [1.165, 1.54) is 6.20 Å². The maximum absolute atomic E-state index is 13.4. The third-order valence-corrected chi connectivity index (χ3v) is 2.20. The summed E-state index contributed by atoms with van der Waals surface area (Å²) >= 11 is 0. The van der Waals surface area contributed by atoms with Crippen LogP contribution < -0.4 is 5.73 Å². The van der Waals surface area contributed by atoms with Gasteiger partial charge in [-0.05, 0) is 24.6 Å². The minimum absolute atomic E-state index is 0.358. The van der Waals surface area contributed by atoms with Gasteiger partial charge in [0.1, 0.15) is 11.6 Å². The molecule has 0 saturated heterocycles. The standard InChI is InChI=1S/C11H10FN3/c1-7-4-8(5-15-11(7)13)9-2-3-14-6-10(9)12/h2-6H,1H3,(H2,13,15). The third-order valence-electron chi connectivity index (χ3n) is 2.20. The highest BCUT2D eigenvalue weighted by Gasteiger charge is 2.06. The molecule has 0 atom stereocenters. The van der Waals surface area contributed by atoms with Crippen LogP contribution in [0.25, 0.3) is 11.1 Å². The number of aryl methyl sites for hydroxylation is 1. The maximum Gasteiger partial charge on any atom is 0.149 e. The Morgan fingerprint density at radius 3 is 2.80 bits per heavy atom. The Labute approximate surface area is 86.8 Å². The van der Waals surface area contributed by atoms with Gasteiger partial charge in [-0.3, -0.25) is 4.98 Å². The highest BCUT2D eigenvalue weighted by Crippen LogP contribution is 2.23. The lowest BCUT2D eigenvalue weighted by Gasteiger charge is -2.04. The summed E-state index contributed by atoms with van der Waals surface area (Å²) in [6.07, 6.45) is 4.28. The van der Waals surface area contributed by atoms with Gasteiger partial charge >= 0.3 is 0 Å². The van der Waals surface area contributed by atoms with Crippen molar-refractivity contribution in [2.24, 2.45) is 0 Å². The average Bonchev–Trinajstić information content (AvgIpc) is 2.23. The van der Waals surface area contributed by atoms with Crippen LogP contribution in [0.15, 0.2) is 30.7 Å². The van der Waals surface area contributed by atoms with Crippen LogP contribution in [0, 0.1) is 12.7 Å². The molecule has 2 heterocycles. The first-order valence-electron chi connectivity index (χ1n) is 4.50. The zero-order chi connectivity index (χ0) is 10.8. The predicted molar refractivity (Wildman–Crippen MR) is 56.6 cm³/mol. The van der Waals surface area contributed by atoms with E-state index in [2.05, 4.69) is 9.97 Å². The minimum Gasteiger partial charge on any atom is -0.383 e. The second-order valence-electron chi connectivity index (χ2n) is 3.28. The molecule has 0 bridgehead atoms. The number of pyridine rings is 2. The molecule has 15 heavy (non-hydrogen) atoms. The quantitative estimate of drug-likeness (QED) is 0.772. The monoisotopic (exact) mass is 203 g/mol. The van der Waals surface area contributed by atoms with Crippen molar-refractivity contribution in [3.8, 4) is 11.1 Å². The Kier molecular flexibility index (Phi) is 2.33. The fraction of sp³-hybridized carbons (Fsp3) is 0.0909. The Bertz CT molecular complexity index is 497. The fourth-order valence-electron chi connectivity index (χ4n) is 1.34. The molecule has 0 unspecified atom stereocenters. The van der Waals surface area contributed by atoms with Crippen LogP contribution in [0.2, 0.25) is 0 Å². The van der Waals surface area contributed by atoms with Gasteiger partial charge in [-0.1, -0.05) is 0 Å². The Hall–Kier alpha value is -1.97. The molecule has 0 aliphatic rings. The molecule has 3 nitrogen and oxygen atoms in total. The van der Waals surface area contributed by atoms with E-state index >= 15 is 0 Å². The molecule has 0 aliphatic heterocycles.